The third-order valence-corrected chi connectivity index (χ3v) is 4.56. The van der Waals surface area contributed by atoms with Gasteiger partial charge < -0.3 is 14.8 Å². The van der Waals surface area contributed by atoms with Crippen molar-refractivity contribution in [3.05, 3.63) is 48.5 Å². The molecule has 1 N–H and O–H groups in total. The fraction of sp³-hybridized carbons (Fsp3) is 0.444. The minimum Gasteiger partial charge on any atom is -0.492 e. The molecule has 1 saturated heterocycles. The lowest BCUT2D eigenvalue weighted by molar-refractivity contribution is 0.216. The molecule has 120 valence electrons. The van der Waals surface area contributed by atoms with Gasteiger partial charge in [0.15, 0.2) is 0 Å². The molecule has 0 aromatic carbocycles. The monoisotopic (exact) mass is 311 g/mol. The Balaban J connectivity index is 1.29. The van der Waals surface area contributed by atoms with Crippen LogP contribution in [0.4, 0.5) is 0 Å². The van der Waals surface area contributed by atoms with Gasteiger partial charge in [-0.05, 0) is 49.1 Å². The SMILES string of the molecule is c1cncc(OC[C@H]2C[C@@H]2c2cncc(OC[C@@H]3CCN3)c2)c1. The first-order valence-corrected chi connectivity index (χ1v) is 8.22. The van der Waals surface area contributed by atoms with Crippen molar-refractivity contribution in [2.24, 2.45) is 5.92 Å². The number of hydrogen-bond donors (Lipinski definition) is 1. The predicted octanol–water partition coefficient (Wildman–Crippen LogP) is 2.40. The van der Waals surface area contributed by atoms with E-state index in [2.05, 4.69) is 21.4 Å². The summed E-state index contributed by atoms with van der Waals surface area (Å²) >= 11 is 0. The lowest BCUT2D eigenvalue weighted by atomic mass is 10.1. The van der Waals surface area contributed by atoms with Crippen LogP contribution in [0.25, 0.3) is 0 Å². The quantitative estimate of drug-likeness (QED) is 0.851. The lowest BCUT2D eigenvalue weighted by Gasteiger charge is -2.27. The van der Waals surface area contributed by atoms with E-state index in [1.807, 2.05) is 18.3 Å². The number of hydrogen-bond acceptors (Lipinski definition) is 5. The van der Waals surface area contributed by atoms with E-state index in [1.54, 1.807) is 18.6 Å². The second kappa shape index (κ2) is 6.54. The molecule has 3 atom stereocenters. The topological polar surface area (TPSA) is 56.3 Å². The van der Waals surface area contributed by atoms with E-state index in [0.717, 1.165) is 37.7 Å². The molecule has 1 aliphatic carbocycles. The van der Waals surface area contributed by atoms with Crippen LogP contribution in [0.5, 0.6) is 11.5 Å². The maximum atomic E-state index is 5.83. The highest BCUT2D eigenvalue weighted by atomic mass is 16.5. The van der Waals surface area contributed by atoms with E-state index in [0.29, 0.717) is 17.9 Å². The summed E-state index contributed by atoms with van der Waals surface area (Å²) in [6, 6.07) is 6.46. The smallest absolute Gasteiger partial charge is 0.137 e. The van der Waals surface area contributed by atoms with Gasteiger partial charge in [-0.25, -0.2) is 0 Å². The molecule has 2 aliphatic rings. The van der Waals surface area contributed by atoms with Crippen LogP contribution < -0.4 is 14.8 Å². The summed E-state index contributed by atoms with van der Waals surface area (Å²) in [5.41, 5.74) is 1.25. The molecule has 23 heavy (non-hydrogen) atoms. The van der Waals surface area contributed by atoms with Crippen molar-refractivity contribution in [1.82, 2.24) is 15.3 Å². The molecule has 2 aromatic heterocycles. The fourth-order valence-corrected chi connectivity index (χ4v) is 2.88. The van der Waals surface area contributed by atoms with Crippen molar-refractivity contribution in [2.45, 2.75) is 24.8 Å². The molecule has 5 heteroatoms. The summed E-state index contributed by atoms with van der Waals surface area (Å²) in [5.74, 6) is 2.79. The van der Waals surface area contributed by atoms with Crippen LogP contribution >= 0.6 is 0 Å². The van der Waals surface area contributed by atoms with Crippen molar-refractivity contribution in [1.29, 1.82) is 0 Å². The molecular formula is C18H21N3O2. The fourth-order valence-electron chi connectivity index (χ4n) is 2.88. The van der Waals surface area contributed by atoms with Gasteiger partial charge in [-0.1, -0.05) is 0 Å². The maximum Gasteiger partial charge on any atom is 0.137 e. The number of aromatic nitrogens is 2. The molecule has 5 nitrogen and oxygen atoms in total. The molecule has 2 fully saturated rings. The molecule has 3 heterocycles. The number of nitrogens with one attached hydrogen (secondary N) is 1. The highest BCUT2D eigenvalue weighted by Gasteiger charge is 2.39. The number of nitrogens with zero attached hydrogens (tertiary/aromatic N) is 2. The van der Waals surface area contributed by atoms with Crippen LogP contribution in [-0.2, 0) is 0 Å². The Kier molecular flexibility index (Phi) is 4.11. The second-order valence-corrected chi connectivity index (χ2v) is 6.31. The van der Waals surface area contributed by atoms with Gasteiger partial charge in [-0.15, -0.1) is 0 Å². The average Bonchev–Trinajstić information content (AvgIpc) is 3.33. The Bertz CT molecular complexity index is 646. The summed E-state index contributed by atoms with van der Waals surface area (Å²) in [5, 5.41) is 3.34. The van der Waals surface area contributed by atoms with Gasteiger partial charge in [0.2, 0.25) is 0 Å². The number of pyridine rings is 2. The van der Waals surface area contributed by atoms with E-state index in [1.165, 1.54) is 12.0 Å². The molecule has 0 radical (unpaired) electrons. The summed E-state index contributed by atoms with van der Waals surface area (Å²) < 4.78 is 11.6. The van der Waals surface area contributed by atoms with Gasteiger partial charge in [0, 0.05) is 24.4 Å². The van der Waals surface area contributed by atoms with E-state index < -0.39 is 0 Å². The van der Waals surface area contributed by atoms with Crippen LogP contribution in [0.1, 0.15) is 24.3 Å². The zero-order chi connectivity index (χ0) is 15.5. The van der Waals surface area contributed by atoms with Crippen LogP contribution in [0.3, 0.4) is 0 Å². The van der Waals surface area contributed by atoms with Gasteiger partial charge in [-0.2, -0.15) is 0 Å². The third-order valence-electron chi connectivity index (χ3n) is 4.56. The summed E-state index contributed by atoms with van der Waals surface area (Å²) in [6.45, 7) is 2.56. The van der Waals surface area contributed by atoms with E-state index in [4.69, 9.17) is 9.47 Å². The van der Waals surface area contributed by atoms with Gasteiger partial charge >= 0.3 is 0 Å². The predicted molar refractivity (Wildman–Crippen MR) is 86.7 cm³/mol. The van der Waals surface area contributed by atoms with Gasteiger partial charge in [0.25, 0.3) is 0 Å². The molecular weight excluding hydrogens is 290 g/mol. The molecule has 2 aromatic rings. The first-order chi connectivity index (χ1) is 11.4. The summed E-state index contributed by atoms with van der Waals surface area (Å²) in [7, 11) is 0. The average molecular weight is 311 g/mol. The van der Waals surface area contributed by atoms with Crippen molar-refractivity contribution < 1.29 is 9.47 Å². The maximum absolute atomic E-state index is 5.83. The zero-order valence-electron chi connectivity index (χ0n) is 13.0. The summed E-state index contributed by atoms with van der Waals surface area (Å²) in [4.78, 5) is 8.39. The third kappa shape index (κ3) is 3.62. The Morgan fingerprint density at radius 1 is 1.09 bits per heavy atom. The molecule has 1 aliphatic heterocycles. The Hall–Kier alpha value is -2.14. The Labute approximate surface area is 136 Å². The van der Waals surface area contributed by atoms with E-state index in [9.17, 15) is 0 Å². The molecule has 0 amide bonds. The van der Waals surface area contributed by atoms with Crippen LogP contribution in [0, 0.1) is 5.92 Å². The Morgan fingerprint density at radius 3 is 2.74 bits per heavy atom. The Morgan fingerprint density at radius 2 is 1.96 bits per heavy atom. The van der Waals surface area contributed by atoms with E-state index in [-0.39, 0.29) is 0 Å². The van der Waals surface area contributed by atoms with Gasteiger partial charge in [0.1, 0.15) is 18.1 Å². The van der Waals surface area contributed by atoms with Crippen LogP contribution in [0.15, 0.2) is 43.0 Å². The molecule has 0 unspecified atom stereocenters. The van der Waals surface area contributed by atoms with Gasteiger partial charge in [-0.3, -0.25) is 9.97 Å². The van der Waals surface area contributed by atoms with Crippen molar-refractivity contribution in [3.8, 4) is 11.5 Å². The normalized spacial score (nSPS) is 25.5. The molecule has 0 bridgehead atoms. The number of ether oxygens (including phenoxy) is 2. The first kappa shape index (κ1) is 14.5. The minimum absolute atomic E-state index is 0.500. The second-order valence-electron chi connectivity index (χ2n) is 6.31. The molecule has 1 saturated carbocycles. The largest absolute Gasteiger partial charge is 0.492 e. The van der Waals surface area contributed by atoms with Crippen molar-refractivity contribution >= 4 is 0 Å². The standard InChI is InChI=1S/C18H21N3O2/c1-2-16(9-19-4-1)22-11-14-7-18(14)13-6-17(10-20-8-13)23-12-15-3-5-21-15/h1-2,4,6,8-10,14-15,18,21H,3,5,7,11-12H2/t14-,15+,18-/m1/s1. The molecule has 4 rings (SSSR count). The van der Waals surface area contributed by atoms with Gasteiger partial charge in [0.05, 0.1) is 19.0 Å². The highest BCUT2D eigenvalue weighted by molar-refractivity contribution is 5.30. The van der Waals surface area contributed by atoms with Crippen LogP contribution in [0.2, 0.25) is 0 Å². The van der Waals surface area contributed by atoms with Crippen molar-refractivity contribution in [3.63, 3.8) is 0 Å². The minimum atomic E-state index is 0.500. The molecule has 0 spiro atoms. The zero-order valence-corrected chi connectivity index (χ0v) is 13.0. The lowest BCUT2D eigenvalue weighted by Crippen LogP contribution is -2.46. The van der Waals surface area contributed by atoms with E-state index >= 15 is 0 Å². The number of rotatable bonds is 7. The van der Waals surface area contributed by atoms with Crippen LogP contribution in [-0.4, -0.2) is 35.8 Å². The highest BCUT2D eigenvalue weighted by Crippen LogP contribution is 2.47. The summed E-state index contributed by atoms with van der Waals surface area (Å²) in [6.07, 6.45) is 9.60. The van der Waals surface area contributed by atoms with Crippen molar-refractivity contribution in [2.75, 3.05) is 19.8 Å². The first-order valence-electron chi connectivity index (χ1n) is 8.22.